The maximum Gasteiger partial charge on any atom is 0.0615 e. The lowest BCUT2D eigenvalue weighted by atomic mass is 10.4. The number of hydrogen-bond acceptors (Lipinski definition) is 3. The highest BCUT2D eigenvalue weighted by Gasteiger charge is 2.15. The van der Waals surface area contributed by atoms with E-state index in [-0.39, 0.29) is 0 Å². The normalized spacial score (nSPS) is 15.0. The monoisotopic (exact) mass is 262 g/mol. The second-order valence-electron chi connectivity index (χ2n) is 2.75. The van der Waals surface area contributed by atoms with Gasteiger partial charge in [-0.2, -0.15) is 0 Å². The van der Waals surface area contributed by atoms with Gasteiger partial charge in [0.15, 0.2) is 0 Å². The first-order chi connectivity index (χ1) is 6.70. The highest BCUT2D eigenvalue weighted by molar-refractivity contribution is 9.00. The summed E-state index contributed by atoms with van der Waals surface area (Å²) in [6.45, 7) is 4.40. The molecule has 0 aliphatic rings. The molecule has 0 bridgehead atoms. The second kappa shape index (κ2) is 6.22. The van der Waals surface area contributed by atoms with Crippen molar-refractivity contribution in [2.24, 2.45) is 0 Å². The molecule has 0 aliphatic carbocycles. The van der Waals surface area contributed by atoms with Crippen LogP contribution in [0.5, 0.6) is 0 Å². The van der Waals surface area contributed by atoms with Gasteiger partial charge in [0.05, 0.1) is 4.44 Å². The summed E-state index contributed by atoms with van der Waals surface area (Å²) in [6.07, 6.45) is 1.13. The Bertz CT molecular complexity index is 310. The van der Waals surface area contributed by atoms with Gasteiger partial charge in [-0.1, -0.05) is 55.2 Å². The third kappa shape index (κ3) is 3.98. The zero-order valence-electron chi connectivity index (χ0n) is 8.47. The molecule has 0 saturated carbocycles. The summed E-state index contributed by atoms with van der Waals surface area (Å²) in [5.41, 5.74) is 0. The molecular formula is C10H15PS3. The fraction of sp³-hybridized carbons (Fsp3) is 0.400. The predicted molar refractivity (Wildman–Crippen MR) is 75.3 cm³/mol. The molecule has 0 saturated heterocycles. The first-order valence-electron chi connectivity index (χ1n) is 4.68. The quantitative estimate of drug-likeness (QED) is 0.695. The molecule has 0 heterocycles. The Balaban J connectivity index is 2.71. The predicted octanol–water partition coefficient (Wildman–Crippen LogP) is 4.86. The third-order valence-electron chi connectivity index (χ3n) is 1.70. The van der Waals surface area contributed by atoms with Crippen molar-refractivity contribution < 1.29 is 0 Å². The molecule has 1 unspecified atom stereocenters. The lowest BCUT2D eigenvalue weighted by molar-refractivity contribution is 1.47. The molecule has 14 heavy (non-hydrogen) atoms. The molecule has 1 rings (SSSR count). The number of benzene rings is 1. The fourth-order valence-corrected chi connectivity index (χ4v) is 9.90. The molecule has 1 aromatic rings. The van der Waals surface area contributed by atoms with Crippen LogP contribution in [0.4, 0.5) is 0 Å². The summed E-state index contributed by atoms with van der Waals surface area (Å²) in [5, 5.41) is 0. The van der Waals surface area contributed by atoms with Crippen LogP contribution in [0.15, 0.2) is 35.2 Å². The highest BCUT2D eigenvalue weighted by Crippen LogP contribution is 2.71. The van der Waals surface area contributed by atoms with Crippen molar-refractivity contribution in [3.8, 4) is 0 Å². The number of rotatable bonds is 5. The second-order valence-corrected chi connectivity index (χ2v) is 15.1. The van der Waals surface area contributed by atoms with Gasteiger partial charge in [-0.05, 0) is 24.0 Å². The van der Waals surface area contributed by atoms with Crippen molar-refractivity contribution in [1.29, 1.82) is 0 Å². The van der Waals surface area contributed by atoms with Gasteiger partial charge in [0.2, 0.25) is 0 Å². The van der Waals surface area contributed by atoms with Crippen LogP contribution in [-0.4, -0.2) is 11.9 Å². The fourth-order valence-electron chi connectivity index (χ4n) is 1.02. The van der Waals surface area contributed by atoms with Crippen LogP contribution in [0.2, 0.25) is 0 Å². The van der Waals surface area contributed by atoms with Gasteiger partial charge in [0.1, 0.15) is 0 Å². The van der Waals surface area contributed by atoms with Crippen LogP contribution in [0, 0.1) is 0 Å². The smallest absolute Gasteiger partial charge is 0.0615 e. The summed E-state index contributed by atoms with van der Waals surface area (Å²) in [6, 6.07) is 10.5. The maximum atomic E-state index is 5.72. The molecule has 0 fully saturated rings. The molecule has 4 heteroatoms. The molecule has 0 N–H and O–H groups in total. The van der Waals surface area contributed by atoms with E-state index in [2.05, 4.69) is 38.1 Å². The van der Waals surface area contributed by atoms with Gasteiger partial charge in [-0.25, -0.2) is 0 Å². The molecule has 0 radical (unpaired) electrons. The molecule has 1 aromatic carbocycles. The Morgan fingerprint density at radius 3 is 2.36 bits per heavy atom. The zero-order chi connectivity index (χ0) is 10.4. The molecule has 1 atom stereocenters. The summed E-state index contributed by atoms with van der Waals surface area (Å²) in [4.78, 5) is 1.32. The van der Waals surface area contributed by atoms with Crippen LogP contribution < -0.4 is 0 Å². The van der Waals surface area contributed by atoms with Crippen molar-refractivity contribution in [3.05, 3.63) is 30.3 Å². The van der Waals surface area contributed by atoms with Crippen LogP contribution >= 0.6 is 27.2 Å². The van der Waals surface area contributed by atoms with Crippen molar-refractivity contribution >= 4 is 39.0 Å². The highest BCUT2D eigenvalue weighted by atomic mass is 33.2. The minimum atomic E-state index is -1.26. The van der Waals surface area contributed by atoms with Crippen LogP contribution in [0.1, 0.15) is 13.8 Å². The van der Waals surface area contributed by atoms with E-state index < -0.39 is 4.44 Å². The third-order valence-corrected chi connectivity index (χ3v) is 12.9. The van der Waals surface area contributed by atoms with Gasteiger partial charge in [0.25, 0.3) is 0 Å². The van der Waals surface area contributed by atoms with Gasteiger partial charge < -0.3 is 0 Å². The zero-order valence-corrected chi connectivity index (χ0v) is 11.8. The van der Waals surface area contributed by atoms with Crippen molar-refractivity contribution in [2.75, 3.05) is 11.9 Å². The van der Waals surface area contributed by atoms with Crippen LogP contribution in [-0.2, 0) is 11.8 Å². The minimum absolute atomic E-state index is 1.13. The lowest BCUT2D eigenvalue weighted by Gasteiger charge is -2.17. The van der Waals surface area contributed by atoms with E-state index in [0.29, 0.717) is 0 Å². The topological polar surface area (TPSA) is 0 Å². The molecule has 0 nitrogen and oxygen atoms in total. The van der Waals surface area contributed by atoms with Gasteiger partial charge in [-0.3, -0.25) is 0 Å². The Morgan fingerprint density at radius 1 is 1.21 bits per heavy atom. The maximum absolute atomic E-state index is 5.72. The Hall–Kier alpha value is 0.570. The molecule has 0 aromatic heterocycles. The number of hydrogen-bond donors (Lipinski definition) is 0. The largest absolute Gasteiger partial charge is 0.114 e. The Kier molecular flexibility index (Phi) is 5.61. The van der Waals surface area contributed by atoms with E-state index in [1.54, 1.807) is 0 Å². The summed E-state index contributed by atoms with van der Waals surface area (Å²) in [5.74, 6) is 1.13. The van der Waals surface area contributed by atoms with Crippen molar-refractivity contribution in [2.45, 2.75) is 18.7 Å². The Morgan fingerprint density at radius 2 is 1.86 bits per heavy atom. The minimum Gasteiger partial charge on any atom is -0.114 e. The van der Waals surface area contributed by atoms with Gasteiger partial charge in [0, 0.05) is 4.90 Å². The molecule has 0 spiro atoms. The van der Waals surface area contributed by atoms with Gasteiger partial charge >= 0.3 is 0 Å². The van der Waals surface area contributed by atoms with Gasteiger partial charge in [-0.15, -0.1) is 11.4 Å². The van der Waals surface area contributed by atoms with Crippen molar-refractivity contribution in [3.63, 3.8) is 0 Å². The van der Waals surface area contributed by atoms with E-state index >= 15 is 0 Å². The average Bonchev–Trinajstić information content (AvgIpc) is 2.20. The van der Waals surface area contributed by atoms with E-state index in [9.17, 15) is 0 Å². The molecule has 78 valence electrons. The van der Waals surface area contributed by atoms with Crippen LogP contribution in [0.25, 0.3) is 0 Å². The first kappa shape index (κ1) is 12.6. The summed E-state index contributed by atoms with van der Waals surface area (Å²) >= 11 is 9.59. The molecule has 0 amide bonds. The first-order valence-corrected chi connectivity index (χ1v) is 10.7. The van der Waals surface area contributed by atoms with E-state index in [0.717, 1.165) is 11.9 Å². The average molecular weight is 262 g/mol. The van der Waals surface area contributed by atoms with Crippen LogP contribution in [0.3, 0.4) is 0 Å². The van der Waals surface area contributed by atoms with E-state index in [1.807, 2.05) is 28.8 Å². The van der Waals surface area contributed by atoms with E-state index in [1.165, 1.54) is 4.90 Å². The lowest BCUT2D eigenvalue weighted by Crippen LogP contribution is -1.77. The standard InChI is InChI=1S/C10H15PS3/c1-3-11(12,13-4-2)14-10-8-6-5-7-9-10/h5-9H,3-4H2,1-2H3. The molecular weight excluding hydrogens is 247 g/mol. The molecule has 0 aliphatic heterocycles. The SMILES string of the molecule is CCSP(=S)(CC)Sc1ccccc1. The Labute approximate surface area is 99.8 Å². The van der Waals surface area contributed by atoms with Crippen molar-refractivity contribution in [1.82, 2.24) is 0 Å². The summed E-state index contributed by atoms with van der Waals surface area (Å²) in [7, 11) is 0. The summed E-state index contributed by atoms with van der Waals surface area (Å²) < 4.78 is -1.26. The van der Waals surface area contributed by atoms with E-state index in [4.69, 9.17) is 11.8 Å².